The molecular formula is C21H24ClFN2OS. The van der Waals surface area contributed by atoms with E-state index in [9.17, 15) is 9.18 Å². The van der Waals surface area contributed by atoms with Gasteiger partial charge in [0, 0.05) is 40.8 Å². The maximum atomic E-state index is 14.3. The fourth-order valence-electron chi connectivity index (χ4n) is 3.49. The summed E-state index contributed by atoms with van der Waals surface area (Å²) in [4.78, 5) is 17.7. The zero-order valence-corrected chi connectivity index (χ0v) is 17.4. The molecule has 1 aliphatic rings. The largest absolute Gasteiger partial charge is 0.367 e. The van der Waals surface area contributed by atoms with Crippen molar-refractivity contribution < 1.29 is 9.18 Å². The van der Waals surface area contributed by atoms with Gasteiger partial charge in [0.25, 0.3) is 5.91 Å². The summed E-state index contributed by atoms with van der Waals surface area (Å²) in [6.45, 7) is 8.03. The molecule has 0 aliphatic carbocycles. The Balaban J connectivity index is 1.78. The highest BCUT2D eigenvalue weighted by atomic mass is 35.5. The lowest BCUT2D eigenvalue weighted by Crippen LogP contribution is -2.61. The average molecular weight is 407 g/mol. The van der Waals surface area contributed by atoms with Crippen LogP contribution in [0.4, 0.5) is 10.1 Å². The van der Waals surface area contributed by atoms with Gasteiger partial charge in [-0.2, -0.15) is 0 Å². The summed E-state index contributed by atoms with van der Waals surface area (Å²) in [5.74, 6) is 0.337. The lowest BCUT2D eigenvalue weighted by molar-refractivity contribution is 0.0514. The van der Waals surface area contributed by atoms with Gasteiger partial charge in [0.1, 0.15) is 5.82 Å². The molecule has 0 atom stereocenters. The van der Waals surface area contributed by atoms with Gasteiger partial charge in [0.15, 0.2) is 0 Å². The van der Waals surface area contributed by atoms with Gasteiger partial charge in [-0.3, -0.25) is 4.79 Å². The van der Waals surface area contributed by atoms with Crippen LogP contribution in [0.5, 0.6) is 0 Å². The maximum absolute atomic E-state index is 14.3. The van der Waals surface area contributed by atoms with Crippen LogP contribution in [0, 0.1) is 5.82 Å². The van der Waals surface area contributed by atoms with Crippen LogP contribution in [-0.2, 0) is 0 Å². The Bertz CT molecular complexity index is 843. The summed E-state index contributed by atoms with van der Waals surface area (Å²) in [6.07, 6.45) is 0. The first kappa shape index (κ1) is 20.0. The number of anilines is 1. The molecule has 3 nitrogen and oxygen atoms in total. The zero-order valence-electron chi connectivity index (χ0n) is 15.8. The molecule has 1 heterocycles. The first-order chi connectivity index (χ1) is 12.8. The van der Waals surface area contributed by atoms with E-state index in [4.69, 9.17) is 11.6 Å². The van der Waals surface area contributed by atoms with Crippen LogP contribution >= 0.6 is 23.4 Å². The molecule has 2 aromatic rings. The smallest absolute Gasteiger partial charge is 0.254 e. The summed E-state index contributed by atoms with van der Waals surface area (Å²) in [5.41, 5.74) is 1.07. The van der Waals surface area contributed by atoms with Gasteiger partial charge in [-0.15, -0.1) is 11.8 Å². The molecule has 0 N–H and O–H groups in total. The minimum Gasteiger partial charge on any atom is -0.367 e. The first-order valence-corrected chi connectivity index (χ1v) is 10.4. The molecule has 144 valence electrons. The third-order valence-electron chi connectivity index (χ3n) is 4.80. The molecule has 0 unspecified atom stereocenters. The van der Waals surface area contributed by atoms with E-state index in [0.717, 1.165) is 11.4 Å². The minimum atomic E-state index is -0.384. The van der Waals surface area contributed by atoms with Crippen molar-refractivity contribution in [3.63, 3.8) is 0 Å². The van der Waals surface area contributed by atoms with Gasteiger partial charge in [-0.1, -0.05) is 24.6 Å². The number of nitrogens with zero attached hydrogens (tertiary/aromatic N) is 2. The quantitative estimate of drug-likeness (QED) is 0.641. The van der Waals surface area contributed by atoms with Crippen molar-refractivity contribution in [3.8, 4) is 0 Å². The van der Waals surface area contributed by atoms with Gasteiger partial charge in [0.2, 0.25) is 0 Å². The molecule has 1 amide bonds. The zero-order chi connectivity index (χ0) is 19.6. The number of amides is 1. The maximum Gasteiger partial charge on any atom is 0.254 e. The van der Waals surface area contributed by atoms with Crippen molar-refractivity contribution in [2.45, 2.75) is 31.2 Å². The first-order valence-electron chi connectivity index (χ1n) is 9.06. The Morgan fingerprint density at radius 1 is 1.22 bits per heavy atom. The third kappa shape index (κ3) is 4.41. The standard InChI is InChI=1S/C21H24ClFN2OS/c1-4-27-19-9-8-15(12-18(19)23)20(26)25-11-10-24(14-21(25,2)3)17-7-5-6-16(22)13-17/h5-9,12-13H,4,10-11,14H2,1-3H3. The van der Waals surface area contributed by atoms with Crippen molar-refractivity contribution in [2.75, 3.05) is 30.3 Å². The van der Waals surface area contributed by atoms with E-state index in [-0.39, 0.29) is 17.3 Å². The van der Waals surface area contributed by atoms with Crippen molar-refractivity contribution in [2.24, 2.45) is 0 Å². The molecule has 0 radical (unpaired) electrons. The molecule has 1 aliphatic heterocycles. The second-order valence-electron chi connectivity index (χ2n) is 7.25. The molecule has 6 heteroatoms. The number of carbonyl (C=O) groups is 1. The van der Waals surface area contributed by atoms with Crippen molar-refractivity contribution >= 4 is 35.0 Å². The number of carbonyl (C=O) groups excluding carboxylic acids is 1. The Labute approximate surface area is 169 Å². The van der Waals surface area contributed by atoms with Gasteiger partial charge >= 0.3 is 0 Å². The number of rotatable bonds is 4. The van der Waals surface area contributed by atoms with Crippen LogP contribution in [0.2, 0.25) is 5.02 Å². The van der Waals surface area contributed by atoms with Crippen LogP contribution in [0.1, 0.15) is 31.1 Å². The summed E-state index contributed by atoms with van der Waals surface area (Å²) in [6, 6.07) is 12.5. The van der Waals surface area contributed by atoms with Crippen molar-refractivity contribution in [1.29, 1.82) is 0 Å². The molecule has 0 saturated carbocycles. The van der Waals surface area contributed by atoms with E-state index in [1.165, 1.54) is 17.8 Å². The highest BCUT2D eigenvalue weighted by molar-refractivity contribution is 7.99. The summed E-state index contributed by atoms with van der Waals surface area (Å²) in [7, 11) is 0. The van der Waals surface area contributed by atoms with Crippen LogP contribution in [0.25, 0.3) is 0 Å². The van der Waals surface area contributed by atoms with Crippen LogP contribution in [0.15, 0.2) is 47.4 Å². The van der Waals surface area contributed by atoms with Crippen LogP contribution in [0.3, 0.4) is 0 Å². The van der Waals surface area contributed by atoms with Crippen LogP contribution < -0.4 is 4.90 Å². The van der Waals surface area contributed by atoms with Crippen LogP contribution in [-0.4, -0.2) is 41.7 Å². The van der Waals surface area contributed by atoms with Gasteiger partial charge < -0.3 is 9.80 Å². The number of hydrogen-bond donors (Lipinski definition) is 0. The fourth-order valence-corrected chi connectivity index (χ4v) is 4.34. The normalized spacial score (nSPS) is 16.5. The van der Waals surface area contributed by atoms with Crippen molar-refractivity contribution in [3.05, 3.63) is 58.9 Å². The van der Waals surface area contributed by atoms with Gasteiger partial charge in [-0.05, 0) is 56.0 Å². The lowest BCUT2D eigenvalue weighted by Gasteiger charge is -2.48. The second-order valence-corrected chi connectivity index (χ2v) is 8.99. The Morgan fingerprint density at radius 3 is 2.63 bits per heavy atom. The molecule has 1 fully saturated rings. The molecule has 0 bridgehead atoms. The average Bonchev–Trinajstić information content (AvgIpc) is 2.62. The molecule has 2 aromatic carbocycles. The molecule has 0 aromatic heterocycles. The summed E-state index contributed by atoms with van der Waals surface area (Å²) in [5, 5.41) is 0.698. The predicted octanol–water partition coefficient (Wildman–Crippen LogP) is 5.33. The van der Waals surface area contributed by atoms with E-state index < -0.39 is 0 Å². The number of halogens is 2. The van der Waals surface area contributed by atoms with E-state index in [0.29, 0.717) is 35.1 Å². The SMILES string of the molecule is CCSc1ccc(C(=O)N2CCN(c3cccc(Cl)c3)CC2(C)C)cc1F. The molecule has 0 spiro atoms. The number of piperazine rings is 1. The van der Waals surface area contributed by atoms with E-state index in [1.807, 2.05) is 49.9 Å². The molecule has 1 saturated heterocycles. The predicted molar refractivity (Wildman–Crippen MR) is 112 cm³/mol. The van der Waals surface area contributed by atoms with E-state index in [1.54, 1.807) is 12.1 Å². The summed E-state index contributed by atoms with van der Waals surface area (Å²) < 4.78 is 14.3. The molecule has 3 rings (SSSR count). The van der Waals surface area contributed by atoms with Gasteiger partial charge in [-0.25, -0.2) is 4.39 Å². The van der Waals surface area contributed by atoms with Gasteiger partial charge in [0.05, 0.1) is 5.54 Å². The molecule has 27 heavy (non-hydrogen) atoms. The Hall–Kier alpha value is -1.72. The van der Waals surface area contributed by atoms with Crippen molar-refractivity contribution in [1.82, 2.24) is 4.90 Å². The fraction of sp³-hybridized carbons (Fsp3) is 0.381. The Kier molecular flexibility index (Phi) is 6.02. The summed E-state index contributed by atoms with van der Waals surface area (Å²) >= 11 is 7.56. The van der Waals surface area contributed by atoms with E-state index >= 15 is 0 Å². The number of hydrogen-bond acceptors (Lipinski definition) is 3. The van der Waals surface area contributed by atoms with E-state index in [2.05, 4.69) is 4.90 Å². The highest BCUT2D eigenvalue weighted by Gasteiger charge is 2.37. The monoisotopic (exact) mass is 406 g/mol. The topological polar surface area (TPSA) is 23.6 Å². The number of thioether (sulfide) groups is 1. The second kappa shape index (κ2) is 8.11. The minimum absolute atomic E-state index is 0.127. The third-order valence-corrected chi connectivity index (χ3v) is 5.97. The molecular weight excluding hydrogens is 383 g/mol. The lowest BCUT2D eigenvalue weighted by atomic mass is 9.96. The highest BCUT2D eigenvalue weighted by Crippen LogP contribution is 2.29. The number of benzene rings is 2. The Morgan fingerprint density at radius 2 is 2.00 bits per heavy atom.